The van der Waals surface area contributed by atoms with Crippen LogP contribution in [0.4, 0.5) is 5.69 Å². The van der Waals surface area contributed by atoms with Gasteiger partial charge in [0.2, 0.25) is 0 Å². The summed E-state index contributed by atoms with van der Waals surface area (Å²) in [4.78, 5) is 44.8. The van der Waals surface area contributed by atoms with Crippen LogP contribution in [-0.2, 0) is 0 Å². The van der Waals surface area contributed by atoms with Crippen LogP contribution >= 0.6 is 0 Å². The number of hydrogen-bond acceptors (Lipinski definition) is 6. The minimum absolute atomic E-state index is 0.210. The molecule has 1 aliphatic rings. The summed E-state index contributed by atoms with van der Waals surface area (Å²) in [7, 11) is 0. The highest BCUT2D eigenvalue weighted by Crippen LogP contribution is 2.33. The molecule has 2 aromatic heterocycles. The number of likely N-dealkylation sites (tertiary alicyclic amines) is 1. The maximum atomic E-state index is 13.1. The summed E-state index contributed by atoms with van der Waals surface area (Å²) in [6, 6.07) is 8.89. The molecular weight excluding hydrogens is 380 g/mol. The van der Waals surface area contributed by atoms with Crippen LogP contribution in [0.5, 0.6) is 0 Å². The smallest absolute Gasteiger partial charge is 0.274 e. The van der Waals surface area contributed by atoms with Gasteiger partial charge >= 0.3 is 0 Å². The second-order valence-electron chi connectivity index (χ2n) is 7.14. The Labute approximate surface area is 174 Å². The van der Waals surface area contributed by atoms with Crippen molar-refractivity contribution in [3.05, 3.63) is 77.9 Å². The first-order valence-corrected chi connectivity index (χ1v) is 9.90. The number of carbonyl (C=O) groups is 2. The second-order valence-corrected chi connectivity index (χ2v) is 7.14. The number of rotatable bonds is 4. The number of hydrogen-bond donors (Lipinski definition) is 1. The molecule has 0 saturated carbocycles. The van der Waals surface area contributed by atoms with E-state index in [9.17, 15) is 9.59 Å². The molecule has 1 saturated heterocycles. The standard InChI is InChI=1S/C22H22N6O2/c1-15-25-13-17(21(29)27-16-7-3-2-4-8-16)20(26-15)19-9-5-6-12-28(19)22(30)18-14-23-10-11-24-18/h2-4,7-8,10-11,13-14,19H,5-6,9,12H2,1H3,(H,27,29). The van der Waals surface area contributed by atoms with Gasteiger partial charge in [0, 0.05) is 30.8 Å². The normalized spacial score (nSPS) is 16.2. The number of aromatic nitrogens is 4. The molecule has 1 atom stereocenters. The van der Waals surface area contributed by atoms with Crippen molar-refractivity contribution in [3.8, 4) is 0 Å². The fourth-order valence-electron chi connectivity index (χ4n) is 3.65. The number of para-hydroxylation sites is 1. The third-order valence-electron chi connectivity index (χ3n) is 5.08. The average molecular weight is 402 g/mol. The van der Waals surface area contributed by atoms with Gasteiger partial charge in [-0.15, -0.1) is 0 Å². The minimum atomic E-state index is -0.327. The molecule has 3 heterocycles. The zero-order valence-electron chi connectivity index (χ0n) is 16.7. The first-order chi connectivity index (χ1) is 14.6. The Morgan fingerprint density at radius 1 is 1.07 bits per heavy atom. The van der Waals surface area contributed by atoms with Gasteiger partial charge in [-0.25, -0.2) is 15.0 Å². The van der Waals surface area contributed by atoms with Crippen molar-refractivity contribution in [1.82, 2.24) is 24.8 Å². The van der Waals surface area contributed by atoms with Crippen LogP contribution in [0, 0.1) is 6.92 Å². The lowest BCUT2D eigenvalue weighted by Gasteiger charge is -2.35. The third kappa shape index (κ3) is 4.17. The zero-order chi connectivity index (χ0) is 20.9. The molecule has 1 unspecified atom stereocenters. The van der Waals surface area contributed by atoms with E-state index in [1.165, 1.54) is 24.8 Å². The Bertz CT molecular complexity index is 1040. The zero-order valence-corrected chi connectivity index (χ0v) is 16.7. The molecule has 0 spiro atoms. The van der Waals surface area contributed by atoms with Gasteiger partial charge in [0.1, 0.15) is 11.5 Å². The van der Waals surface area contributed by atoms with Gasteiger partial charge in [-0.2, -0.15) is 0 Å². The van der Waals surface area contributed by atoms with Crippen LogP contribution in [0.3, 0.4) is 0 Å². The number of anilines is 1. The molecule has 1 fully saturated rings. The van der Waals surface area contributed by atoms with Crippen LogP contribution < -0.4 is 5.32 Å². The van der Waals surface area contributed by atoms with Gasteiger partial charge in [-0.3, -0.25) is 14.6 Å². The SMILES string of the molecule is Cc1ncc(C(=O)Nc2ccccc2)c(C2CCCCN2C(=O)c2cnccn2)n1. The highest BCUT2D eigenvalue weighted by Gasteiger charge is 2.33. The lowest BCUT2D eigenvalue weighted by atomic mass is 9.95. The summed E-state index contributed by atoms with van der Waals surface area (Å²) in [5, 5.41) is 2.89. The number of carbonyl (C=O) groups excluding carboxylic acids is 2. The van der Waals surface area contributed by atoms with Gasteiger partial charge in [0.15, 0.2) is 0 Å². The Kier molecular flexibility index (Phi) is 5.74. The fourth-order valence-corrected chi connectivity index (χ4v) is 3.65. The Hall–Kier alpha value is -3.68. The van der Waals surface area contributed by atoms with Gasteiger partial charge in [-0.05, 0) is 38.3 Å². The molecule has 2 amide bonds. The van der Waals surface area contributed by atoms with Crippen LogP contribution in [0.15, 0.2) is 55.1 Å². The van der Waals surface area contributed by atoms with Crippen molar-refractivity contribution in [2.24, 2.45) is 0 Å². The highest BCUT2D eigenvalue weighted by atomic mass is 16.2. The Morgan fingerprint density at radius 2 is 1.90 bits per heavy atom. The maximum Gasteiger partial charge on any atom is 0.274 e. The summed E-state index contributed by atoms with van der Waals surface area (Å²) in [5.74, 6) is 0.0471. The average Bonchev–Trinajstić information content (AvgIpc) is 2.79. The molecule has 3 aromatic rings. The number of amides is 2. The van der Waals surface area contributed by atoms with Crippen molar-refractivity contribution >= 4 is 17.5 Å². The molecule has 8 heteroatoms. The third-order valence-corrected chi connectivity index (χ3v) is 5.08. The van der Waals surface area contributed by atoms with Gasteiger partial charge < -0.3 is 10.2 Å². The summed E-state index contributed by atoms with van der Waals surface area (Å²) in [5.41, 5.74) is 1.90. The summed E-state index contributed by atoms with van der Waals surface area (Å²) < 4.78 is 0. The van der Waals surface area contributed by atoms with Gasteiger partial charge in [0.05, 0.1) is 23.5 Å². The van der Waals surface area contributed by atoms with E-state index in [0.29, 0.717) is 35.7 Å². The lowest BCUT2D eigenvalue weighted by molar-refractivity contribution is 0.0596. The molecular formula is C22H22N6O2. The van der Waals surface area contributed by atoms with Gasteiger partial charge in [-0.1, -0.05) is 18.2 Å². The summed E-state index contributed by atoms with van der Waals surface area (Å²) in [6.45, 7) is 2.35. The number of benzene rings is 1. The maximum absolute atomic E-state index is 13.1. The number of piperidine rings is 1. The van der Waals surface area contributed by atoms with Gasteiger partial charge in [0.25, 0.3) is 11.8 Å². The molecule has 152 valence electrons. The Balaban J connectivity index is 1.68. The van der Waals surface area contributed by atoms with Crippen molar-refractivity contribution in [2.45, 2.75) is 32.2 Å². The molecule has 1 aliphatic heterocycles. The van der Waals surface area contributed by atoms with Crippen LogP contribution in [0.2, 0.25) is 0 Å². The lowest BCUT2D eigenvalue weighted by Crippen LogP contribution is -2.40. The monoisotopic (exact) mass is 402 g/mol. The first-order valence-electron chi connectivity index (χ1n) is 9.90. The highest BCUT2D eigenvalue weighted by molar-refractivity contribution is 6.05. The van der Waals surface area contributed by atoms with Crippen LogP contribution in [0.25, 0.3) is 0 Å². The molecule has 0 bridgehead atoms. The van der Waals surface area contributed by atoms with E-state index in [0.717, 1.165) is 12.8 Å². The Morgan fingerprint density at radius 3 is 2.67 bits per heavy atom. The molecule has 0 radical (unpaired) electrons. The first kappa shape index (κ1) is 19.6. The number of nitrogens with zero attached hydrogens (tertiary/aromatic N) is 5. The van der Waals surface area contributed by atoms with Crippen molar-refractivity contribution in [1.29, 1.82) is 0 Å². The molecule has 0 aliphatic carbocycles. The minimum Gasteiger partial charge on any atom is -0.329 e. The number of nitrogens with one attached hydrogen (secondary N) is 1. The van der Waals surface area contributed by atoms with Crippen molar-refractivity contribution in [3.63, 3.8) is 0 Å². The molecule has 1 N–H and O–H groups in total. The largest absolute Gasteiger partial charge is 0.329 e. The van der Waals surface area contributed by atoms with E-state index in [2.05, 4.69) is 25.3 Å². The number of aryl methyl sites for hydroxylation is 1. The topological polar surface area (TPSA) is 101 Å². The fraction of sp³-hybridized carbons (Fsp3) is 0.273. The van der Waals surface area contributed by atoms with Crippen molar-refractivity contribution < 1.29 is 9.59 Å². The van der Waals surface area contributed by atoms with E-state index in [1.807, 2.05) is 30.3 Å². The second kappa shape index (κ2) is 8.77. The van der Waals surface area contributed by atoms with Crippen molar-refractivity contribution in [2.75, 3.05) is 11.9 Å². The van der Waals surface area contributed by atoms with E-state index in [-0.39, 0.29) is 23.6 Å². The van der Waals surface area contributed by atoms with E-state index in [1.54, 1.807) is 11.8 Å². The molecule has 30 heavy (non-hydrogen) atoms. The molecule has 1 aromatic carbocycles. The predicted octanol–water partition coefficient (Wildman–Crippen LogP) is 3.19. The summed E-state index contributed by atoms with van der Waals surface area (Å²) in [6.07, 6.45) is 8.58. The predicted molar refractivity (Wildman–Crippen MR) is 111 cm³/mol. The quantitative estimate of drug-likeness (QED) is 0.719. The summed E-state index contributed by atoms with van der Waals surface area (Å²) >= 11 is 0. The molecule has 8 nitrogen and oxygen atoms in total. The molecule has 4 rings (SSSR count). The van der Waals surface area contributed by atoms with Crippen LogP contribution in [-0.4, -0.2) is 43.2 Å². The van der Waals surface area contributed by atoms with E-state index < -0.39 is 0 Å². The van der Waals surface area contributed by atoms with E-state index >= 15 is 0 Å². The van der Waals surface area contributed by atoms with E-state index in [4.69, 9.17) is 0 Å². The van der Waals surface area contributed by atoms with Crippen LogP contribution in [0.1, 0.15) is 57.7 Å².